The highest BCUT2D eigenvalue weighted by Crippen LogP contribution is 1.99. The molecule has 1 aromatic rings. The van der Waals surface area contributed by atoms with Gasteiger partial charge in [0.2, 0.25) is 0 Å². The SMILES string of the molecule is O=C(O)c1cc2c(s1)=NCCN=2. The van der Waals surface area contributed by atoms with Gasteiger partial charge in [-0.3, -0.25) is 9.98 Å². The standard InChI is InChI=1S/C7H6N2O2S/c10-7(11)5-3-4-6(12-5)9-2-1-8-4/h3H,1-2H2,(H,10,11). The van der Waals surface area contributed by atoms with E-state index in [1.807, 2.05) is 0 Å². The largest absolute Gasteiger partial charge is 0.477 e. The number of hydrogen-bond donors (Lipinski definition) is 1. The molecule has 0 aliphatic carbocycles. The maximum Gasteiger partial charge on any atom is 0.346 e. The number of rotatable bonds is 1. The second kappa shape index (κ2) is 2.67. The average molecular weight is 182 g/mol. The van der Waals surface area contributed by atoms with E-state index in [4.69, 9.17) is 5.11 Å². The van der Waals surface area contributed by atoms with Gasteiger partial charge in [0.15, 0.2) is 0 Å². The fraction of sp³-hybridized carbons (Fsp3) is 0.286. The van der Waals surface area contributed by atoms with Crippen LogP contribution in [0.2, 0.25) is 0 Å². The van der Waals surface area contributed by atoms with Gasteiger partial charge >= 0.3 is 5.97 Å². The van der Waals surface area contributed by atoms with E-state index in [1.54, 1.807) is 6.07 Å². The molecule has 0 spiro atoms. The van der Waals surface area contributed by atoms with E-state index in [-0.39, 0.29) is 0 Å². The first-order valence-corrected chi connectivity index (χ1v) is 4.31. The third kappa shape index (κ3) is 1.12. The first-order valence-electron chi connectivity index (χ1n) is 3.49. The summed E-state index contributed by atoms with van der Waals surface area (Å²) in [6.45, 7) is 1.34. The molecule has 2 rings (SSSR count). The molecule has 5 heteroatoms. The zero-order valence-electron chi connectivity index (χ0n) is 6.15. The van der Waals surface area contributed by atoms with Gasteiger partial charge in [0.1, 0.15) is 9.55 Å². The zero-order chi connectivity index (χ0) is 8.55. The van der Waals surface area contributed by atoms with Gasteiger partial charge in [0.05, 0.1) is 18.4 Å². The summed E-state index contributed by atoms with van der Waals surface area (Å²) in [5.74, 6) is -0.903. The van der Waals surface area contributed by atoms with Crippen molar-refractivity contribution in [2.75, 3.05) is 13.1 Å². The third-order valence-electron chi connectivity index (χ3n) is 1.54. The second-order valence-corrected chi connectivity index (χ2v) is 3.40. The van der Waals surface area contributed by atoms with Crippen LogP contribution in [0.1, 0.15) is 9.67 Å². The van der Waals surface area contributed by atoms with Crippen LogP contribution < -0.4 is 10.0 Å². The minimum Gasteiger partial charge on any atom is -0.477 e. The van der Waals surface area contributed by atoms with E-state index < -0.39 is 5.97 Å². The molecular formula is C7H6N2O2S. The fourth-order valence-corrected chi connectivity index (χ4v) is 1.88. The fourth-order valence-electron chi connectivity index (χ4n) is 1.03. The molecule has 0 saturated carbocycles. The molecule has 0 radical (unpaired) electrons. The van der Waals surface area contributed by atoms with E-state index >= 15 is 0 Å². The third-order valence-corrected chi connectivity index (χ3v) is 2.59. The summed E-state index contributed by atoms with van der Waals surface area (Å²) in [5, 5.41) is 9.39. The summed E-state index contributed by atoms with van der Waals surface area (Å²) in [6.07, 6.45) is 0. The average Bonchev–Trinajstić information content (AvgIpc) is 2.46. The number of carboxylic acid groups (broad SMARTS) is 1. The van der Waals surface area contributed by atoms with Crippen LogP contribution in [-0.2, 0) is 0 Å². The second-order valence-electron chi connectivity index (χ2n) is 2.37. The summed E-state index contributed by atoms with van der Waals surface area (Å²) in [7, 11) is 0. The molecule has 0 aromatic carbocycles. The van der Waals surface area contributed by atoms with Crippen LogP contribution in [0.5, 0.6) is 0 Å². The number of hydrogen-bond acceptors (Lipinski definition) is 4. The van der Waals surface area contributed by atoms with Gasteiger partial charge < -0.3 is 5.11 Å². The van der Waals surface area contributed by atoms with E-state index in [2.05, 4.69) is 9.98 Å². The molecule has 12 heavy (non-hydrogen) atoms. The lowest BCUT2D eigenvalue weighted by atomic mass is 10.4. The minimum atomic E-state index is -0.903. The molecule has 1 aromatic heterocycles. The molecular weight excluding hydrogens is 176 g/mol. The number of nitrogens with zero attached hydrogens (tertiary/aromatic N) is 2. The molecule has 1 aliphatic heterocycles. The molecule has 0 unspecified atom stereocenters. The van der Waals surface area contributed by atoms with Crippen molar-refractivity contribution in [3.05, 3.63) is 21.0 Å². The Kier molecular flexibility index (Phi) is 1.65. The van der Waals surface area contributed by atoms with Gasteiger partial charge in [-0.2, -0.15) is 0 Å². The molecule has 0 bridgehead atoms. The Balaban J connectivity index is 2.68. The lowest BCUT2D eigenvalue weighted by Crippen LogP contribution is -2.24. The minimum absolute atomic E-state index is 0.314. The Morgan fingerprint density at radius 3 is 2.92 bits per heavy atom. The van der Waals surface area contributed by atoms with Gasteiger partial charge in [-0.05, 0) is 6.07 Å². The van der Waals surface area contributed by atoms with E-state index in [1.165, 1.54) is 11.3 Å². The van der Waals surface area contributed by atoms with Crippen LogP contribution in [0.3, 0.4) is 0 Å². The summed E-state index contributed by atoms with van der Waals surface area (Å²) in [4.78, 5) is 19.2. The van der Waals surface area contributed by atoms with Crippen molar-refractivity contribution in [3.63, 3.8) is 0 Å². The Morgan fingerprint density at radius 1 is 1.50 bits per heavy atom. The maximum atomic E-state index is 10.5. The highest BCUT2D eigenvalue weighted by Gasteiger charge is 2.08. The van der Waals surface area contributed by atoms with Crippen LogP contribution in [0.15, 0.2) is 16.1 Å². The van der Waals surface area contributed by atoms with Crippen molar-refractivity contribution in [2.24, 2.45) is 9.98 Å². The molecule has 2 heterocycles. The lowest BCUT2D eigenvalue weighted by Gasteiger charge is -1.90. The first kappa shape index (κ1) is 7.42. The van der Waals surface area contributed by atoms with Crippen molar-refractivity contribution >= 4 is 17.3 Å². The van der Waals surface area contributed by atoms with Crippen LogP contribution in [0.4, 0.5) is 0 Å². The quantitative estimate of drug-likeness (QED) is 0.648. The Morgan fingerprint density at radius 2 is 2.25 bits per heavy atom. The van der Waals surface area contributed by atoms with Gasteiger partial charge in [0, 0.05) is 0 Å². The van der Waals surface area contributed by atoms with Gasteiger partial charge in [-0.1, -0.05) is 0 Å². The Hall–Kier alpha value is -1.23. The molecule has 62 valence electrons. The number of aromatic carboxylic acids is 1. The first-order chi connectivity index (χ1) is 5.77. The van der Waals surface area contributed by atoms with Crippen molar-refractivity contribution in [1.82, 2.24) is 0 Å². The van der Waals surface area contributed by atoms with Crippen LogP contribution in [0, 0.1) is 0 Å². The van der Waals surface area contributed by atoms with Crippen molar-refractivity contribution < 1.29 is 9.90 Å². The number of carboxylic acids is 1. The monoisotopic (exact) mass is 182 g/mol. The summed E-state index contributed by atoms with van der Waals surface area (Å²) >= 11 is 1.18. The maximum absolute atomic E-state index is 10.5. The summed E-state index contributed by atoms with van der Waals surface area (Å²) < 4.78 is 0.749. The smallest absolute Gasteiger partial charge is 0.346 e. The topological polar surface area (TPSA) is 62.0 Å². The van der Waals surface area contributed by atoms with Crippen LogP contribution in [-0.4, -0.2) is 24.2 Å². The zero-order valence-corrected chi connectivity index (χ0v) is 6.97. The van der Waals surface area contributed by atoms with E-state index in [0.717, 1.165) is 10.0 Å². The predicted molar refractivity (Wildman–Crippen MR) is 43.3 cm³/mol. The predicted octanol–water partition coefficient (Wildman–Crippen LogP) is -0.301. The molecule has 0 fully saturated rings. The van der Waals surface area contributed by atoms with Gasteiger partial charge in [0.25, 0.3) is 0 Å². The van der Waals surface area contributed by atoms with E-state index in [0.29, 0.717) is 18.0 Å². The molecule has 1 aliphatic rings. The lowest BCUT2D eigenvalue weighted by molar-refractivity contribution is 0.0702. The number of carbonyl (C=O) groups is 1. The summed E-state index contributed by atoms with van der Waals surface area (Å²) in [6, 6.07) is 1.57. The van der Waals surface area contributed by atoms with Gasteiger partial charge in [-0.25, -0.2) is 4.79 Å². The molecule has 0 saturated heterocycles. The van der Waals surface area contributed by atoms with Crippen molar-refractivity contribution in [1.29, 1.82) is 0 Å². The van der Waals surface area contributed by atoms with Gasteiger partial charge in [-0.15, -0.1) is 11.3 Å². The van der Waals surface area contributed by atoms with Crippen molar-refractivity contribution in [3.8, 4) is 0 Å². The highest BCUT2D eigenvalue weighted by molar-refractivity contribution is 7.11. The normalized spacial score (nSPS) is 14.3. The highest BCUT2D eigenvalue weighted by atomic mass is 32.1. The Labute approximate surface area is 71.9 Å². The van der Waals surface area contributed by atoms with E-state index in [9.17, 15) is 4.79 Å². The summed E-state index contributed by atoms with van der Waals surface area (Å²) in [5.41, 5.74) is 0. The number of fused-ring (bicyclic) bond motifs is 1. The van der Waals surface area contributed by atoms with Crippen LogP contribution in [0.25, 0.3) is 0 Å². The Bertz CT molecular complexity index is 401. The molecule has 4 nitrogen and oxygen atoms in total. The number of thiophene rings is 1. The molecule has 1 N–H and O–H groups in total. The van der Waals surface area contributed by atoms with Crippen LogP contribution >= 0.6 is 11.3 Å². The van der Waals surface area contributed by atoms with Crippen molar-refractivity contribution in [2.45, 2.75) is 0 Å². The molecule has 0 amide bonds. The molecule has 0 atom stereocenters.